The number of hydrogen-bond donors (Lipinski definition) is 0. The lowest BCUT2D eigenvalue weighted by Crippen LogP contribution is -2.07. The van der Waals surface area contributed by atoms with Gasteiger partial charge >= 0.3 is 0 Å². The molecule has 0 aromatic rings. The maximum Gasteiger partial charge on any atom is -0.0256 e. The molecule has 0 fully saturated rings. The van der Waals surface area contributed by atoms with Gasteiger partial charge in [-0.15, -0.1) is 0 Å². The van der Waals surface area contributed by atoms with E-state index in [0.717, 1.165) is 18.3 Å². The van der Waals surface area contributed by atoms with Crippen LogP contribution in [0.25, 0.3) is 0 Å². The lowest BCUT2D eigenvalue weighted by atomic mass is 9.87. The zero-order valence-electron chi connectivity index (χ0n) is 24.1. The molecule has 186 valence electrons. The van der Waals surface area contributed by atoms with E-state index in [-0.39, 0.29) is 0 Å². The Hall–Kier alpha value is -0.780. The van der Waals surface area contributed by atoms with Crippen molar-refractivity contribution >= 4 is 0 Å². The second-order valence-electron chi connectivity index (χ2n) is 10.7. The highest BCUT2D eigenvalue weighted by Gasteiger charge is 2.11. The lowest BCUT2D eigenvalue weighted by molar-refractivity contribution is 0.376. The van der Waals surface area contributed by atoms with Gasteiger partial charge in [0.05, 0.1) is 0 Å². The molecule has 0 aliphatic heterocycles. The fraction of sp³-hybridized carbons (Fsp3) is 0.806. The standard InChI is InChI=1S/C24H44.C5H12.C2H6/c1-8-11-13-14-15-17-24(16-12-9-2)23(7)19-20(4)18-22(6)21(5)10-3;1-5(2,3)4;1-2/h16,19,21-22H,4,8-15,17-18H2,1-3,5-7H3;1-4H3;1-2H3/b23-19-,24-16-;;. The molecule has 0 bridgehead atoms. The second-order valence-corrected chi connectivity index (χ2v) is 10.7. The normalized spacial score (nSPS) is 14.1. The fourth-order valence-electron chi connectivity index (χ4n) is 3.17. The van der Waals surface area contributed by atoms with Crippen molar-refractivity contribution in [2.24, 2.45) is 17.3 Å². The molecule has 0 rings (SSSR count). The van der Waals surface area contributed by atoms with Crippen LogP contribution in [0.15, 0.2) is 35.5 Å². The Morgan fingerprint density at radius 2 is 1.35 bits per heavy atom. The molecule has 0 N–H and O–H groups in total. The molecule has 0 saturated carbocycles. The first-order valence-corrected chi connectivity index (χ1v) is 13.5. The van der Waals surface area contributed by atoms with Crippen LogP contribution >= 0.6 is 0 Å². The van der Waals surface area contributed by atoms with Crippen LogP contribution in [0.2, 0.25) is 0 Å². The van der Waals surface area contributed by atoms with Crippen LogP contribution in [-0.4, -0.2) is 0 Å². The molecule has 0 aromatic heterocycles. The van der Waals surface area contributed by atoms with Crippen LogP contribution in [0.4, 0.5) is 0 Å². The van der Waals surface area contributed by atoms with E-state index in [1.807, 2.05) is 13.8 Å². The highest BCUT2D eigenvalue weighted by molar-refractivity contribution is 5.35. The van der Waals surface area contributed by atoms with Crippen LogP contribution in [0.3, 0.4) is 0 Å². The maximum atomic E-state index is 4.33. The molecule has 0 spiro atoms. The minimum atomic E-state index is 0.500. The third-order valence-corrected chi connectivity index (χ3v) is 5.36. The summed E-state index contributed by atoms with van der Waals surface area (Å²) in [7, 11) is 0. The Morgan fingerprint density at radius 1 is 0.839 bits per heavy atom. The van der Waals surface area contributed by atoms with Crippen molar-refractivity contribution < 1.29 is 0 Å². The van der Waals surface area contributed by atoms with Gasteiger partial charge in [0.15, 0.2) is 0 Å². The van der Waals surface area contributed by atoms with Crippen molar-refractivity contribution in [3.63, 3.8) is 0 Å². The SMILES string of the molecule is C=C(/C=C(C)\C(=C/CCC)CCCCCCC)CC(C)C(C)CC.CC.CC(C)(C)C. The van der Waals surface area contributed by atoms with E-state index in [0.29, 0.717) is 5.41 Å². The summed E-state index contributed by atoms with van der Waals surface area (Å²) in [6.45, 7) is 30.9. The molecule has 31 heavy (non-hydrogen) atoms. The molecule has 2 atom stereocenters. The quantitative estimate of drug-likeness (QED) is 0.188. The summed E-state index contributed by atoms with van der Waals surface area (Å²) in [4.78, 5) is 0. The van der Waals surface area contributed by atoms with Crippen molar-refractivity contribution in [3.8, 4) is 0 Å². The molecule has 0 aliphatic rings. The monoisotopic (exact) mass is 434 g/mol. The molecule has 0 radical (unpaired) electrons. The highest BCUT2D eigenvalue weighted by atomic mass is 14.2. The number of allylic oxidation sites excluding steroid dienone is 5. The Morgan fingerprint density at radius 3 is 1.81 bits per heavy atom. The first-order chi connectivity index (χ1) is 14.5. The Labute approximate surface area is 200 Å². The Balaban J connectivity index is -0.000000973. The van der Waals surface area contributed by atoms with Gasteiger partial charge in [0.1, 0.15) is 0 Å². The highest BCUT2D eigenvalue weighted by Crippen LogP contribution is 2.25. The van der Waals surface area contributed by atoms with Crippen molar-refractivity contribution in [3.05, 3.63) is 35.5 Å². The Kier molecular flexibility index (Phi) is 25.2. The summed E-state index contributed by atoms with van der Waals surface area (Å²) in [5, 5.41) is 0. The van der Waals surface area contributed by atoms with Crippen LogP contribution in [0.5, 0.6) is 0 Å². The smallest absolute Gasteiger partial charge is 0.0256 e. The van der Waals surface area contributed by atoms with Crippen LogP contribution in [0.1, 0.15) is 147 Å². The number of hydrogen-bond acceptors (Lipinski definition) is 0. The van der Waals surface area contributed by atoms with E-state index in [9.17, 15) is 0 Å². The zero-order chi connectivity index (χ0) is 24.9. The predicted octanol–water partition coefficient (Wildman–Crippen LogP) is 11.7. The summed E-state index contributed by atoms with van der Waals surface area (Å²) in [6, 6.07) is 0. The average molecular weight is 435 g/mol. The molecule has 0 aliphatic carbocycles. The predicted molar refractivity (Wildman–Crippen MR) is 149 cm³/mol. The fourth-order valence-corrected chi connectivity index (χ4v) is 3.17. The number of rotatable bonds is 14. The van der Waals surface area contributed by atoms with Gasteiger partial charge in [0, 0.05) is 0 Å². The molecule has 0 heteroatoms. The third-order valence-electron chi connectivity index (χ3n) is 5.36. The maximum absolute atomic E-state index is 4.33. The minimum absolute atomic E-state index is 0.500. The summed E-state index contributed by atoms with van der Waals surface area (Å²) in [5.74, 6) is 1.51. The minimum Gasteiger partial charge on any atom is -0.0958 e. The van der Waals surface area contributed by atoms with Gasteiger partial charge < -0.3 is 0 Å². The van der Waals surface area contributed by atoms with Crippen molar-refractivity contribution in [1.82, 2.24) is 0 Å². The van der Waals surface area contributed by atoms with Gasteiger partial charge in [-0.25, -0.2) is 0 Å². The van der Waals surface area contributed by atoms with Crippen molar-refractivity contribution in [2.45, 2.75) is 147 Å². The van der Waals surface area contributed by atoms with E-state index >= 15 is 0 Å². The van der Waals surface area contributed by atoms with E-state index in [1.165, 1.54) is 68.9 Å². The molecule has 2 unspecified atom stereocenters. The third kappa shape index (κ3) is 27.2. The topological polar surface area (TPSA) is 0 Å². The van der Waals surface area contributed by atoms with Gasteiger partial charge in [-0.2, -0.15) is 0 Å². The molecular weight excluding hydrogens is 372 g/mol. The van der Waals surface area contributed by atoms with Gasteiger partial charge in [0.25, 0.3) is 0 Å². The lowest BCUT2D eigenvalue weighted by Gasteiger charge is -2.19. The van der Waals surface area contributed by atoms with Gasteiger partial charge in [0.2, 0.25) is 0 Å². The molecule has 0 saturated heterocycles. The van der Waals surface area contributed by atoms with E-state index in [2.05, 4.69) is 88.0 Å². The largest absolute Gasteiger partial charge is 0.0958 e. The van der Waals surface area contributed by atoms with E-state index in [4.69, 9.17) is 0 Å². The average Bonchev–Trinajstić information content (AvgIpc) is 2.69. The van der Waals surface area contributed by atoms with Gasteiger partial charge in [-0.3, -0.25) is 0 Å². The van der Waals surface area contributed by atoms with Crippen molar-refractivity contribution in [2.75, 3.05) is 0 Å². The zero-order valence-corrected chi connectivity index (χ0v) is 24.1. The van der Waals surface area contributed by atoms with Crippen LogP contribution in [0, 0.1) is 17.3 Å². The van der Waals surface area contributed by atoms with E-state index in [1.54, 1.807) is 5.57 Å². The molecule has 0 amide bonds. The molecular formula is C31H62. The van der Waals surface area contributed by atoms with Crippen LogP contribution in [-0.2, 0) is 0 Å². The van der Waals surface area contributed by atoms with Crippen LogP contribution < -0.4 is 0 Å². The molecule has 0 heterocycles. The van der Waals surface area contributed by atoms with E-state index < -0.39 is 0 Å². The van der Waals surface area contributed by atoms with Crippen molar-refractivity contribution in [1.29, 1.82) is 0 Å². The Bertz CT molecular complexity index is 449. The summed E-state index contributed by atoms with van der Waals surface area (Å²) in [5.41, 5.74) is 4.81. The summed E-state index contributed by atoms with van der Waals surface area (Å²) >= 11 is 0. The summed E-state index contributed by atoms with van der Waals surface area (Å²) in [6.07, 6.45) is 17.7. The van der Waals surface area contributed by atoms with Gasteiger partial charge in [-0.1, -0.05) is 139 Å². The summed E-state index contributed by atoms with van der Waals surface area (Å²) < 4.78 is 0. The second kappa shape index (κ2) is 22.4. The first-order valence-electron chi connectivity index (χ1n) is 13.5. The molecule has 0 aromatic carbocycles. The van der Waals surface area contributed by atoms with Gasteiger partial charge in [-0.05, 0) is 61.0 Å². The first kappa shape index (κ1) is 34.8. The molecule has 0 nitrogen and oxygen atoms in total. The number of unbranched alkanes of at least 4 members (excludes halogenated alkanes) is 5.